The molecular weight excluding hydrogens is 196 g/mol. The molecule has 4 nitrogen and oxygen atoms in total. The first-order valence-corrected chi connectivity index (χ1v) is 5.54. The van der Waals surface area contributed by atoms with Crippen LogP contribution in [0.15, 0.2) is 0 Å². The highest BCUT2D eigenvalue weighted by Crippen LogP contribution is 2.26. The van der Waals surface area contributed by atoms with Crippen molar-refractivity contribution in [1.29, 1.82) is 0 Å². The van der Waals surface area contributed by atoms with Crippen LogP contribution < -0.4 is 0 Å². The summed E-state index contributed by atoms with van der Waals surface area (Å²) in [4.78, 5) is 21.6. The Bertz CT molecular complexity index is 207. The summed E-state index contributed by atoms with van der Waals surface area (Å²) in [5, 5.41) is 8.50. The lowest BCUT2D eigenvalue weighted by Crippen LogP contribution is -2.26. The van der Waals surface area contributed by atoms with Gasteiger partial charge in [0.15, 0.2) is 6.10 Å². The average Bonchev–Trinajstić information content (AvgIpc) is 2.73. The zero-order valence-corrected chi connectivity index (χ0v) is 9.66. The minimum absolute atomic E-state index is 0.0678. The lowest BCUT2D eigenvalue weighted by molar-refractivity contribution is -0.165. The van der Waals surface area contributed by atoms with E-state index in [1.165, 1.54) is 6.92 Å². The minimum Gasteiger partial charge on any atom is -0.479 e. The fourth-order valence-corrected chi connectivity index (χ4v) is 1.48. The molecule has 1 unspecified atom stereocenters. The van der Waals surface area contributed by atoms with Gasteiger partial charge in [0, 0.05) is 0 Å². The molecule has 88 valence electrons. The number of carboxylic acid groups (broad SMARTS) is 1. The minimum atomic E-state index is -1.09. The van der Waals surface area contributed by atoms with Crippen LogP contribution in [0.25, 0.3) is 0 Å². The number of carbonyl (C=O) groups excluding carboxylic acids is 1. The molecule has 1 fully saturated rings. The maximum atomic E-state index is 11.3. The van der Waals surface area contributed by atoms with E-state index >= 15 is 0 Å². The van der Waals surface area contributed by atoms with E-state index in [0.29, 0.717) is 0 Å². The molecule has 0 heterocycles. The van der Waals surface area contributed by atoms with Crippen LogP contribution in [-0.2, 0) is 14.3 Å². The average molecular weight is 216 g/mol. The van der Waals surface area contributed by atoms with E-state index < -0.39 is 12.1 Å². The number of esters is 1. The Balaban J connectivity index is 0.000000921. The van der Waals surface area contributed by atoms with Crippen LogP contribution in [-0.4, -0.2) is 23.1 Å². The van der Waals surface area contributed by atoms with Crippen molar-refractivity contribution in [2.45, 2.75) is 52.6 Å². The smallest absolute Gasteiger partial charge is 0.344 e. The van der Waals surface area contributed by atoms with E-state index in [1.54, 1.807) is 0 Å². The highest BCUT2D eigenvalue weighted by atomic mass is 16.6. The first kappa shape index (κ1) is 13.9. The molecule has 0 radical (unpaired) electrons. The lowest BCUT2D eigenvalue weighted by Gasteiger charge is -2.12. The fraction of sp³-hybridized carbons (Fsp3) is 0.818. The second-order valence-electron chi connectivity index (χ2n) is 3.40. The molecule has 1 N–H and O–H groups in total. The van der Waals surface area contributed by atoms with Crippen molar-refractivity contribution in [1.82, 2.24) is 0 Å². The molecule has 0 bridgehead atoms. The molecule has 15 heavy (non-hydrogen) atoms. The van der Waals surface area contributed by atoms with Crippen molar-refractivity contribution in [2.75, 3.05) is 0 Å². The summed E-state index contributed by atoms with van der Waals surface area (Å²) < 4.78 is 4.76. The van der Waals surface area contributed by atoms with Crippen molar-refractivity contribution in [3.8, 4) is 0 Å². The van der Waals surface area contributed by atoms with Gasteiger partial charge in [0.25, 0.3) is 0 Å². The number of rotatable bonds is 3. The Morgan fingerprint density at radius 1 is 1.27 bits per heavy atom. The molecule has 1 rings (SSSR count). The summed E-state index contributed by atoms with van der Waals surface area (Å²) in [7, 11) is 0. The third-order valence-corrected chi connectivity index (χ3v) is 2.33. The van der Waals surface area contributed by atoms with Crippen LogP contribution in [0.4, 0.5) is 0 Å². The number of aliphatic carboxylic acids is 1. The van der Waals surface area contributed by atoms with Crippen LogP contribution in [0, 0.1) is 5.92 Å². The van der Waals surface area contributed by atoms with Crippen molar-refractivity contribution in [2.24, 2.45) is 5.92 Å². The Morgan fingerprint density at radius 2 is 1.73 bits per heavy atom. The van der Waals surface area contributed by atoms with Crippen LogP contribution in [0.3, 0.4) is 0 Å². The van der Waals surface area contributed by atoms with E-state index in [-0.39, 0.29) is 11.9 Å². The first-order valence-electron chi connectivity index (χ1n) is 5.54. The molecule has 1 saturated carbocycles. The SMILES string of the molecule is CC.CC(OC(=O)C1CCCC1)C(=O)O. The standard InChI is InChI=1S/C9H14O4.C2H6/c1-6(8(10)11)13-9(12)7-4-2-3-5-7;1-2/h6-7H,2-5H2,1H3,(H,10,11);1-2H3. The van der Waals surface area contributed by atoms with Gasteiger partial charge >= 0.3 is 11.9 Å². The topological polar surface area (TPSA) is 63.6 Å². The second-order valence-corrected chi connectivity index (χ2v) is 3.40. The molecule has 0 aliphatic heterocycles. The molecule has 1 atom stereocenters. The molecule has 1 aliphatic carbocycles. The maximum absolute atomic E-state index is 11.3. The molecule has 0 aromatic rings. The van der Waals surface area contributed by atoms with E-state index in [1.807, 2.05) is 13.8 Å². The van der Waals surface area contributed by atoms with Gasteiger partial charge in [0.1, 0.15) is 0 Å². The van der Waals surface area contributed by atoms with Crippen molar-refractivity contribution in [3.63, 3.8) is 0 Å². The van der Waals surface area contributed by atoms with Crippen LogP contribution in [0.5, 0.6) is 0 Å². The highest BCUT2D eigenvalue weighted by molar-refractivity contribution is 5.78. The van der Waals surface area contributed by atoms with Crippen LogP contribution in [0.1, 0.15) is 46.5 Å². The predicted molar refractivity (Wildman–Crippen MR) is 56.5 cm³/mol. The predicted octanol–water partition coefficient (Wildman–Crippen LogP) is 2.22. The zero-order valence-electron chi connectivity index (χ0n) is 9.66. The summed E-state index contributed by atoms with van der Waals surface area (Å²) in [5.41, 5.74) is 0. The summed E-state index contributed by atoms with van der Waals surface area (Å²) in [6.07, 6.45) is 2.74. The summed E-state index contributed by atoms with van der Waals surface area (Å²) in [6.45, 7) is 5.37. The molecule has 0 spiro atoms. The normalized spacial score (nSPS) is 17.5. The molecule has 0 aromatic heterocycles. The molecular formula is C11H20O4. The van der Waals surface area contributed by atoms with Gasteiger partial charge in [-0.1, -0.05) is 26.7 Å². The molecule has 1 aliphatic rings. The summed E-state index contributed by atoms with van der Waals surface area (Å²) in [5.74, 6) is -1.51. The second kappa shape index (κ2) is 7.26. The van der Waals surface area contributed by atoms with Gasteiger partial charge in [-0.2, -0.15) is 0 Å². The fourth-order valence-electron chi connectivity index (χ4n) is 1.48. The molecule has 4 heteroatoms. The quantitative estimate of drug-likeness (QED) is 0.735. The van der Waals surface area contributed by atoms with Crippen molar-refractivity contribution >= 4 is 11.9 Å². The highest BCUT2D eigenvalue weighted by Gasteiger charge is 2.27. The van der Waals surface area contributed by atoms with E-state index in [2.05, 4.69) is 0 Å². The Morgan fingerprint density at radius 3 is 2.13 bits per heavy atom. The largest absolute Gasteiger partial charge is 0.479 e. The summed E-state index contributed by atoms with van der Waals surface area (Å²) >= 11 is 0. The third kappa shape index (κ3) is 4.81. The number of carbonyl (C=O) groups is 2. The van der Waals surface area contributed by atoms with E-state index in [0.717, 1.165) is 25.7 Å². The Labute approximate surface area is 90.6 Å². The van der Waals surface area contributed by atoms with Gasteiger partial charge in [-0.15, -0.1) is 0 Å². The van der Waals surface area contributed by atoms with Gasteiger partial charge in [0.2, 0.25) is 0 Å². The number of ether oxygens (including phenoxy) is 1. The monoisotopic (exact) mass is 216 g/mol. The van der Waals surface area contributed by atoms with Gasteiger partial charge in [-0.25, -0.2) is 4.79 Å². The number of hydrogen-bond acceptors (Lipinski definition) is 3. The molecule has 0 amide bonds. The first-order chi connectivity index (χ1) is 7.11. The molecule has 0 aromatic carbocycles. The van der Waals surface area contributed by atoms with E-state index in [4.69, 9.17) is 9.84 Å². The maximum Gasteiger partial charge on any atom is 0.344 e. The Kier molecular flexibility index (Phi) is 6.75. The van der Waals surface area contributed by atoms with Gasteiger partial charge in [0.05, 0.1) is 5.92 Å². The number of carboxylic acids is 1. The zero-order chi connectivity index (χ0) is 11.8. The van der Waals surface area contributed by atoms with E-state index in [9.17, 15) is 9.59 Å². The van der Waals surface area contributed by atoms with Crippen molar-refractivity contribution in [3.05, 3.63) is 0 Å². The van der Waals surface area contributed by atoms with Gasteiger partial charge < -0.3 is 9.84 Å². The van der Waals surface area contributed by atoms with Gasteiger partial charge in [-0.05, 0) is 19.8 Å². The van der Waals surface area contributed by atoms with Crippen LogP contribution >= 0.6 is 0 Å². The van der Waals surface area contributed by atoms with Crippen molar-refractivity contribution < 1.29 is 19.4 Å². The number of hydrogen-bond donors (Lipinski definition) is 1. The van der Waals surface area contributed by atoms with Gasteiger partial charge in [-0.3, -0.25) is 4.79 Å². The third-order valence-electron chi connectivity index (χ3n) is 2.33. The summed E-state index contributed by atoms with van der Waals surface area (Å²) in [6, 6.07) is 0. The molecule has 0 saturated heterocycles. The Hall–Kier alpha value is -1.06. The van der Waals surface area contributed by atoms with Crippen LogP contribution in [0.2, 0.25) is 0 Å². The lowest BCUT2D eigenvalue weighted by atomic mass is 10.1.